The molecule has 7 heteroatoms. The van der Waals surface area contributed by atoms with Crippen molar-refractivity contribution >= 4 is 17.7 Å². The Labute approximate surface area is 109 Å². The molecule has 0 fully saturated rings. The number of rotatable bonds is 6. The third-order valence-electron chi connectivity index (χ3n) is 2.15. The van der Waals surface area contributed by atoms with Crippen LogP contribution >= 0.6 is 11.8 Å². The van der Waals surface area contributed by atoms with Crippen LogP contribution in [-0.2, 0) is 16.1 Å². The van der Waals surface area contributed by atoms with Crippen molar-refractivity contribution in [2.45, 2.75) is 11.5 Å². The molecule has 0 aliphatic heterocycles. The van der Waals surface area contributed by atoms with Crippen LogP contribution in [0.5, 0.6) is 0 Å². The van der Waals surface area contributed by atoms with Crippen molar-refractivity contribution in [2.75, 3.05) is 6.26 Å². The summed E-state index contributed by atoms with van der Waals surface area (Å²) in [6.45, 7) is 0.183. The molecule has 1 aromatic rings. The number of hydrogen-bond acceptors (Lipinski definition) is 6. The van der Waals surface area contributed by atoms with Crippen LogP contribution in [0.3, 0.4) is 0 Å². The van der Waals surface area contributed by atoms with Crippen LogP contribution in [0.2, 0.25) is 0 Å². The number of aliphatic carboxylic acids is 1. The molecule has 0 saturated heterocycles. The van der Waals surface area contributed by atoms with Crippen LogP contribution in [0.15, 0.2) is 40.7 Å². The van der Waals surface area contributed by atoms with Gasteiger partial charge in [0.2, 0.25) is 5.88 Å². The van der Waals surface area contributed by atoms with Crippen molar-refractivity contribution in [3.8, 4) is 0 Å². The van der Waals surface area contributed by atoms with Gasteiger partial charge in [-0.3, -0.25) is 5.43 Å². The van der Waals surface area contributed by atoms with E-state index in [-0.39, 0.29) is 12.5 Å². The molecule has 0 heterocycles. The molecule has 6 nitrogen and oxygen atoms in total. The summed E-state index contributed by atoms with van der Waals surface area (Å²) in [6.07, 6.45) is 1.98. The van der Waals surface area contributed by atoms with Gasteiger partial charge in [-0.25, -0.2) is 10.6 Å². The number of hydrogen-bond donors (Lipinski definition) is 4. The monoisotopic (exact) mass is 269 g/mol. The largest absolute Gasteiger partial charge is 0.476 e. The van der Waals surface area contributed by atoms with Crippen LogP contribution in [0.25, 0.3) is 0 Å². The Morgan fingerprint density at radius 3 is 2.50 bits per heavy atom. The quantitative estimate of drug-likeness (QED) is 0.197. The average Bonchev–Trinajstić information content (AvgIpc) is 2.39. The summed E-state index contributed by atoms with van der Waals surface area (Å²) in [4.78, 5) is 11.8. The standard InChI is InChI=1S/C11H15N3O3S/c1-18-8-4-2-7(3-5-8)6-17-10(14-13)9(12)11(15)16/h2-5,14H,6,12-13H2,1H3,(H,15,16)/b10-9+. The minimum atomic E-state index is -1.29. The first-order chi connectivity index (χ1) is 8.58. The lowest BCUT2D eigenvalue weighted by molar-refractivity contribution is -0.133. The van der Waals surface area contributed by atoms with E-state index in [0.717, 1.165) is 10.5 Å². The fourth-order valence-electron chi connectivity index (χ4n) is 1.17. The second-order valence-electron chi connectivity index (χ2n) is 3.33. The van der Waals surface area contributed by atoms with Crippen molar-refractivity contribution in [2.24, 2.45) is 11.6 Å². The van der Waals surface area contributed by atoms with E-state index in [0.29, 0.717) is 0 Å². The summed E-state index contributed by atoms with van der Waals surface area (Å²) in [5, 5.41) is 8.69. The van der Waals surface area contributed by atoms with E-state index < -0.39 is 11.7 Å². The van der Waals surface area contributed by atoms with Gasteiger partial charge in [0.15, 0.2) is 5.70 Å². The van der Waals surface area contributed by atoms with E-state index >= 15 is 0 Å². The first-order valence-corrected chi connectivity index (χ1v) is 6.26. The number of carbonyl (C=O) groups is 1. The number of nitrogens with two attached hydrogens (primary N) is 2. The number of nitrogens with one attached hydrogen (secondary N) is 1. The second kappa shape index (κ2) is 6.77. The number of carboxylic acid groups (broad SMARTS) is 1. The van der Waals surface area contributed by atoms with Crippen molar-refractivity contribution in [1.82, 2.24) is 5.43 Å². The van der Waals surface area contributed by atoms with Gasteiger partial charge < -0.3 is 15.6 Å². The van der Waals surface area contributed by atoms with Crippen LogP contribution in [0.1, 0.15) is 5.56 Å². The lowest BCUT2D eigenvalue weighted by atomic mass is 10.2. The highest BCUT2D eigenvalue weighted by molar-refractivity contribution is 7.98. The van der Waals surface area contributed by atoms with Gasteiger partial charge in [0.05, 0.1) is 0 Å². The third-order valence-corrected chi connectivity index (χ3v) is 2.89. The molecule has 0 atom stereocenters. The minimum absolute atomic E-state index is 0.156. The van der Waals surface area contributed by atoms with Gasteiger partial charge in [0, 0.05) is 4.90 Å². The Hall–Kier alpha value is -1.86. The molecule has 0 radical (unpaired) electrons. The Morgan fingerprint density at radius 1 is 1.44 bits per heavy atom. The van der Waals surface area contributed by atoms with Gasteiger partial charge in [-0.15, -0.1) is 11.8 Å². The number of hydrazine groups is 1. The van der Waals surface area contributed by atoms with E-state index in [9.17, 15) is 4.79 Å². The predicted molar refractivity (Wildman–Crippen MR) is 69.2 cm³/mol. The van der Waals surface area contributed by atoms with Crippen LogP contribution in [0, 0.1) is 0 Å². The lowest BCUT2D eigenvalue weighted by Crippen LogP contribution is -2.29. The average molecular weight is 269 g/mol. The zero-order chi connectivity index (χ0) is 13.5. The number of thioether (sulfide) groups is 1. The summed E-state index contributed by atoms with van der Waals surface area (Å²) < 4.78 is 5.20. The highest BCUT2D eigenvalue weighted by atomic mass is 32.2. The maximum Gasteiger partial charge on any atom is 0.357 e. The van der Waals surface area contributed by atoms with Gasteiger partial charge in [0.25, 0.3) is 0 Å². The molecule has 1 aromatic carbocycles. The molecule has 1 rings (SSSR count). The molecule has 0 aromatic heterocycles. The maximum atomic E-state index is 10.6. The molecule has 0 bridgehead atoms. The van der Waals surface area contributed by atoms with E-state index in [1.54, 1.807) is 11.8 Å². The number of benzene rings is 1. The zero-order valence-corrected chi connectivity index (χ0v) is 10.7. The lowest BCUT2D eigenvalue weighted by Gasteiger charge is -2.11. The highest BCUT2D eigenvalue weighted by Gasteiger charge is 2.11. The minimum Gasteiger partial charge on any atom is -0.476 e. The normalized spacial score (nSPS) is 11.7. The highest BCUT2D eigenvalue weighted by Crippen LogP contribution is 2.15. The molecular formula is C11H15N3O3S. The van der Waals surface area contributed by atoms with E-state index in [1.165, 1.54) is 0 Å². The summed E-state index contributed by atoms with van der Waals surface area (Å²) in [6, 6.07) is 7.67. The fourth-order valence-corrected chi connectivity index (χ4v) is 1.58. The number of carboxylic acids is 1. The zero-order valence-electron chi connectivity index (χ0n) is 9.84. The maximum absolute atomic E-state index is 10.6. The first kappa shape index (κ1) is 14.2. The van der Waals surface area contributed by atoms with E-state index in [1.807, 2.05) is 30.5 Å². The topological polar surface area (TPSA) is 111 Å². The molecule has 18 heavy (non-hydrogen) atoms. The van der Waals surface area contributed by atoms with Gasteiger partial charge in [0.1, 0.15) is 6.61 Å². The predicted octanol–water partition coefficient (Wildman–Crippen LogP) is 0.601. The fraction of sp³-hybridized carbons (Fsp3) is 0.182. The van der Waals surface area contributed by atoms with E-state index in [2.05, 4.69) is 5.43 Å². The Morgan fingerprint density at radius 2 is 2.06 bits per heavy atom. The summed E-state index contributed by atoms with van der Waals surface area (Å²) in [5.74, 6) is 3.69. The molecule has 0 aliphatic carbocycles. The molecular weight excluding hydrogens is 254 g/mol. The van der Waals surface area contributed by atoms with E-state index in [4.69, 9.17) is 21.4 Å². The van der Waals surface area contributed by atoms with Crippen molar-refractivity contribution in [3.05, 3.63) is 41.4 Å². The number of ether oxygens (including phenoxy) is 1. The molecule has 6 N–H and O–H groups in total. The smallest absolute Gasteiger partial charge is 0.357 e. The third kappa shape index (κ3) is 3.86. The Bertz CT molecular complexity index is 445. The summed E-state index contributed by atoms with van der Waals surface area (Å²) in [7, 11) is 0. The van der Waals surface area contributed by atoms with Crippen LogP contribution < -0.4 is 17.0 Å². The summed E-state index contributed by atoms with van der Waals surface area (Å²) in [5.41, 5.74) is 7.84. The molecule has 98 valence electrons. The molecule has 0 spiro atoms. The Balaban J connectivity index is 2.68. The molecule has 0 saturated carbocycles. The Kier molecular flexibility index (Phi) is 5.34. The van der Waals surface area contributed by atoms with Crippen LogP contribution in [-0.4, -0.2) is 17.3 Å². The van der Waals surface area contributed by atoms with Gasteiger partial charge >= 0.3 is 5.97 Å². The van der Waals surface area contributed by atoms with Crippen molar-refractivity contribution < 1.29 is 14.6 Å². The molecule has 0 aliphatic rings. The SMILES string of the molecule is CSc1ccc(CO/C(NN)=C(/N)C(=O)O)cc1. The van der Waals surface area contributed by atoms with Crippen molar-refractivity contribution in [1.29, 1.82) is 0 Å². The van der Waals surface area contributed by atoms with Gasteiger partial charge in [-0.2, -0.15) is 0 Å². The summed E-state index contributed by atoms with van der Waals surface area (Å²) >= 11 is 1.64. The molecule has 0 amide bonds. The first-order valence-electron chi connectivity index (χ1n) is 5.04. The van der Waals surface area contributed by atoms with Gasteiger partial charge in [-0.05, 0) is 24.0 Å². The molecule has 0 unspecified atom stereocenters. The second-order valence-corrected chi connectivity index (χ2v) is 4.21. The van der Waals surface area contributed by atoms with Gasteiger partial charge in [-0.1, -0.05) is 12.1 Å². The van der Waals surface area contributed by atoms with Crippen molar-refractivity contribution in [3.63, 3.8) is 0 Å². The van der Waals surface area contributed by atoms with Crippen LogP contribution in [0.4, 0.5) is 0 Å².